The van der Waals surface area contributed by atoms with Gasteiger partial charge in [0.1, 0.15) is 0 Å². The first kappa shape index (κ1) is 28.1. The third kappa shape index (κ3) is 15.9. The molecule has 0 aliphatic rings. The first-order chi connectivity index (χ1) is 5.02. The molecule has 0 N–H and O–H groups in total. The topological polar surface area (TPSA) is 64.6 Å². The Morgan fingerprint density at radius 3 is 1.50 bits per heavy atom. The van der Waals surface area contributed by atoms with Crippen LogP contribution in [0.3, 0.4) is 0 Å². The summed E-state index contributed by atoms with van der Waals surface area (Å²) in [7, 11) is -1.53. The Labute approximate surface area is 221 Å². The van der Waals surface area contributed by atoms with Gasteiger partial charge in [-0.3, -0.25) is 0 Å². The van der Waals surface area contributed by atoms with Gasteiger partial charge in [-0.1, -0.05) is 0 Å². The summed E-state index contributed by atoms with van der Waals surface area (Å²) < 4.78 is 9.55. The van der Waals surface area contributed by atoms with Crippen LogP contribution in [0.5, 0.6) is 0 Å². The smallest absolute Gasteiger partial charge is 0.851 e. The van der Waals surface area contributed by atoms with Crippen LogP contribution < -0.4 is 164 Å². The second-order valence-electron chi connectivity index (χ2n) is 1.48. The molecular weight excluding hydrogens is 324 g/mol. The summed E-state index contributed by atoms with van der Waals surface area (Å²) >= 11 is 4.20. The van der Waals surface area contributed by atoms with Crippen LogP contribution in [0.25, 0.3) is 0 Å². The van der Waals surface area contributed by atoms with Crippen molar-refractivity contribution in [2.45, 2.75) is 13.8 Å². The van der Waals surface area contributed by atoms with E-state index in [1.807, 2.05) is 0 Å². The zero-order valence-corrected chi connectivity index (χ0v) is 21.2. The summed E-state index contributed by atoms with van der Waals surface area (Å²) in [4.78, 5) is 21.4. The van der Waals surface area contributed by atoms with Crippen LogP contribution >= 0.6 is 5.69 Å². The summed E-state index contributed by atoms with van der Waals surface area (Å²) in [5.74, 6) is 0. The van der Waals surface area contributed by atoms with Gasteiger partial charge in [0.2, 0.25) is 0 Å². The van der Waals surface area contributed by atoms with Crippen molar-refractivity contribution >= 4 is 28.6 Å². The molecule has 14 heavy (non-hydrogen) atoms. The van der Waals surface area contributed by atoms with Crippen molar-refractivity contribution in [2.24, 2.45) is 0 Å². The van der Waals surface area contributed by atoms with Gasteiger partial charge in [0, 0.05) is 10.6 Å². The minimum absolute atomic E-state index is 0. The van der Waals surface area contributed by atoms with E-state index in [9.17, 15) is 9.79 Å². The first-order valence-corrected chi connectivity index (χ1v) is 7.37. The van der Waals surface area contributed by atoms with Gasteiger partial charge >= 0.3 is 154 Å². The molecule has 0 aliphatic heterocycles. The molecule has 0 amide bonds. The summed E-state index contributed by atoms with van der Waals surface area (Å²) in [6, 6.07) is 0. The van der Waals surface area contributed by atoms with E-state index in [4.69, 9.17) is 8.37 Å². The standard InChI is InChI=1S/C4H10O4PS2.3K/c1-3-7-11(8-4-2)9(5,6)10;;;/h3-4H2,1-2H3;;;/q-3;3*+1. The van der Waals surface area contributed by atoms with Crippen LogP contribution in [0.15, 0.2) is 0 Å². The molecule has 0 aromatic rings. The summed E-state index contributed by atoms with van der Waals surface area (Å²) in [6.07, 6.45) is 0. The van der Waals surface area contributed by atoms with E-state index in [2.05, 4.69) is 12.2 Å². The average Bonchev–Trinajstić information content (AvgIpc) is 1.85. The molecule has 0 saturated carbocycles. The second kappa shape index (κ2) is 16.9. The van der Waals surface area contributed by atoms with Crippen LogP contribution in [0, 0.1) is 0 Å². The number of rotatable bonds is 4. The van der Waals surface area contributed by atoms with Gasteiger partial charge in [0.15, 0.2) is 0 Å². The third-order valence-corrected chi connectivity index (χ3v) is 4.68. The molecule has 0 heterocycles. The Bertz CT molecular complexity index is 160. The van der Waals surface area contributed by atoms with Crippen molar-refractivity contribution in [3.8, 4) is 0 Å². The normalized spacial score (nSPS) is 9.86. The average molecular weight is 335 g/mol. The zero-order chi connectivity index (χ0) is 8.91. The molecule has 0 atom stereocenters. The molecule has 0 spiro atoms. The largest absolute Gasteiger partial charge is 1.00 e. The molecule has 70 valence electrons. The minimum Gasteiger partial charge on any atom is -0.851 e. The third-order valence-electron chi connectivity index (χ3n) is 0.620. The van der Waals surface area contributed by atoms with Gasteiger partial charge in [-0.2, -0.15) is 0 Å². The van der Waals surface area contributed by atoms with Crippen LogP contribution in [0.4, 0.5) is 0 Å². The zero-order valence-electron chi connectivity index (χ0n) is 9.31. The maximum absolute atomic E-state index is 10.7. The van der Waals surface area contributed by atoms with E-state index in [1.54, 1.807) is 13.8 Å². The monoisotopic (exact) mass is 334 g/mol. The van der Waals surface area contributed by atoms with E-state index < -0.39 is 16.3 Å². The predicted molar refractivity (Wildman–Crippen MR) is 44.9 cm³/mol. The molecule has 0 radical (unpaired) electrons. The fourth-order valence-corrected chi connectivity index (χ4v) is 3.28. The molecule has 0 aliphatic carbocycles. The Morgan fingerprint density at radius 1 is 1.07 bits per heavy atom. The Kier molecular flexibility index (Phi) is 34.0. The summed E-state index contributed by atoms with van der Waals surface area (Å²) in [5.41, 5.74) is -3.89. The van der Waals surface area contributed by atoms with Gasteiger partial charge in [0.05, 0.1) is 13.2 Å². The van der Waals surface area contributed by atoms with Crippen molar-refractivity contribution < 1.29 is 172 Å². The van der Waals surface area contributed by atoms with Gasteiger partial charge in [-0.15, -0.1) is 0 Å². The molecule has 0 unspecified atom stereocenters. The maximum Gasteiger partial charge on any atom is 1.00 e. The predicted octanol–water partition coefficient (Wildman–Crippen LogP) is -9.54. The van der Waals surface area contributed by atoms with E-state index in [1.165, 1.54) is 0 Å². The summed E-state index contributed by atoms with van der Waals surface area (Å²) in [5, 5.41) is 0. The molecule has 4 nitrogen and oxygen atoms in total. The first-order valence-electron chi connectivity index (χ1n) is 3.06. The Balaban J connectivity index is -0.000000167. The quantitative estimate of drug-likeness (QED) is 0.290. The van der Waals surface area contributed by atoms with Crippen molar-refractivity contribution in [2.75, 3.05) is 13.2 Å². The molecule has 0 aromatic carbocycles. The molecule has 0 aromatic heterocycles. The fourth-order valence-electron chi connectivity index (χ4n) is 0.365. The Hall–Kier alpha value is 5.88. The van der Waals surface area contributed by atoms with Crippen molar-refractivity contribution in [3.63, 3.8) is 0 Å². The van der Waals surface area contributed by atoms with Crippen molar-refractivity contribution in [1.29, 1.82) is 0 Å². The van der Waals surface area contributed by atoms with Crippen molar-refractivity contribution in [1.82, 2.24) is 0 Å². The van der Waals surface area contributed by atoms with Gasteiger partial charge < -0.3 is 36.1 Å². The summed E-state index contributed by atoms with van der Waals surface area (Å²) in [6.45, 7) is 3.94. The van der Waals surface area contributed by atoms with Gasteiger partial charge in [-0.25, -0.2) is 0 Å². The molecular formula is C4H10K3O4PS2. The van der Waals surface area contributed by atoms with Gasteiger partial charge in [0.25, 0.3) is 0 Å². The van der Waals surface area contributed by atoms with Crippen LogP contribution in [0.2, 0.25) is 0 Å². The molecule has 0 fully saturated rings. The Morgan fingerprint density at radius 2 is 1.36 bits per heavy atom. The van der Waals surface area contributed by atoms with E-state index >= 15 is 0 Å². The minimum atomic E-state index is -3.89. The fraction of sp³-hybridized carbons (Fsp3) is 1.00. The maximum atomic E-state index is 10.7. The van der Waals surface area contributed by atoms with Gasteiger partial charge in [-0.05, 0) is 13.8 Å². The number of hydrogen-bond acceptors (Lipinski definition) is 5. The second-order valence-corrected chi connectivity index (χ2v) is 7.75. The molecule has 0 saturated heterocycles. The van der Waals surface area contributed by atoms with E-state index in [0.29, 0.717) is 0 Å². The molecule has 10 heteroatoms. The van der Waals surface area contributed by atoms with Crippen LogP contribution in [0.1, 0.15) is 13.8 Å². The van der Waals surface area contributed by atoms with Crippen LogP contribution in [-0.2, 0) is 31.2 Å². The SMILES string of the molecule is CCOS(OCC)=P([O-])([O-])[S-].[K+].[K+].[K+]. The van der Waals surface area contributed by atoms with E-state index in [-0.39, 0.29) is 167 Å². The molecule has 0 bridgehead atoms. The van der Waals surface area contributed by atoms with Crippen molar-refractivity contribution in [3.05, 3.63) is 0 Å². The number of hydrogen-bond donors (Lipinski definition) is 0. The van der Waals surface area contributed by atoms with E-state index in [0.717, 1.165) is 0 Å². The molecule has 0 rings (SSSR count). The van der Waals surface area contributed by atoms with Crippen LogP contribution in [-0.4, -0.2) is 13.2 Å².